The summed E-state index contributed by atoms with van der Waals surface area (Å²) in [6.07, 6.45) is 4.93. The predicted molar refractivity (Wildman–Crippen MR) is 96.6 cm³/mol. The van der Waals surface area contributed by atoms with E-state index in [1.807, 2.05) is 24.3 Å². The molecule has 0 aliphatic carbocycles. The molecule has 1 unspecified atom stereocenters. The lowest BCUT2D eigenvalue weighted by molar-refractivity contribution is -0.120. The summed E-state index contributed by atoms with van der Waals surface area (Å²) in [6.45, 7) is 1.05. The van der Waals surface area contributed by atoms with Crippen molar-refractivity contribution in [3.8, 4) is 0 Å². The molecule has 7 nitrogen and oxygen atoms in total. The highest BCUT2D eigenvalue weighted by molar-refractivity contribution is 7.88. The summed E-state index contributed by atoms with van der Waals surface area (Å²) in [6, 6.07) is 7.65. The molecule has 25 heavy (non-hydrogen) atoms. The molecule has 1 aliphatic rings. The number of carbonyl (C=O) groups excluding carboxylic acids is 1. The SMILES string of the molecule is CS(=O)(=O)N1CCCCC1CCNC(=O)Cc1[nH]nc2ccccc12. The topological polar surface area (TPSA) is 95.2 Å². The number of nitrogens with one attached hydrogen (secondary N) is 2. The number of rotatable bonds is 6. The highest BCUT2D eigenvalue weighted by atomic mass is 32.2. The van der Waals surface area contributed by atoms with Crippen LogP contribution in [-0.2, 0) is 21.2 Å². The smallest absolute Gasteiger partial charge is 0.226 e. The number of aromatic amines is 1. The molecule has 1 atom stereocenters. The molecular formula is C17H24N4O3S. The predicted octanol–water partition coefficient (Wildman–Crippen LogP) is 1.43. The lowest BCUT2D eigenvalue weighted by atomic mass is 10.0. The molecule has 136 valence electrons. The normalized spacial score (nSPS) is 19.2. The Morgan fingerprint density at radius 2 is 2.16 bits per heavy atom. The van der Waals surface area contributed by atoms with Crippen LogP contribution in [0.2, 0.25) is 0 Å². The Bertz CT molecular complexity index is 846. The Kier molecular flexibility index (Phi) is 5.39. The van der Waals surface area contributed by atoms with Gasteiger partial charge in [0.2, 0.25) is 15.9 Å². The molecule has 0 radical (unpaired) electrons. The van der Waals surface area contributed by atoms with Gasteiger partial charge in [-0.3, -0.25) is 9.89 Å². The van der Waals surface area contributed by atoms with Gasteiger partial charge < -0.3 is 5.32 Å². The van der Waals surface area contributed by atoms with Crippen molar-refractivity contribution in [3.63, 3.8) is 0 Å². The van der Waals surface area contributed by atoms with E-state index in [9.17, 15) is 13.2 Å². The third kappa shape index (κ3) is 4.38. The van der Waals surface area contributed by atoms with Gasteiger partial charge in [0.15, 0.2) is 0 Å². The van der Waals surface area contributed by atoms with Crippen LogP contribution < -0.4 is 5.32 Å². The molecule has 0 bridgehead atoms. The molecule has 3 rings (SSSR count). The molecule has 1 amide bonds. The molecule has 1 aliphatic heterocycles. The van der Waals surface area contributed by atoms with Gasteiger partial charge in [0.1, 0.15) is 0 Å². The van der Waals surface area contributed by atoms with E-state index >= 15 is 0 Å². The van der Waals surface area contributed by atoms with Gasteiger partial charge in [-0.15, -0.1) is 0 Å². The summed E-state index contributed by atoms with van der Waals surface area (Å²) >= 11 is 0. The Balaban J connectivity index is 1.52. The van der Waals surface area contributed by atoms with Crippen LogP contribution in [0.25, 0.3) is 10.9 Å². The van der Waals surface area contributed by atoms with E-state index in [0.29, 0.717) is 19.5 Å². The summed E-state index contributed by atoms with van der Waals surface area (Å²) in [7, 11) is -3.18. The summed E-state index contributed by atoms with van der Waals surface area (Å²) in [5, 5.41) is 10.9. The molecule has 8 heteroatoms. The first kappa shape index (κ1) is 17.9. The van der Waals surface area contributed by atoms with Crippen molar-refractivity contribution in [2.75, 3.05) is 19.3 Å². The van der Waals surface area contributed by atoms with Gasteiger partial charge in [-0.05, 0) is 25.3 Å². The Morgan fingerprint density at radius 3 is 2.96 bits per heavy atom. The van der Waals surface area contributed by atoms with E-state index in [1.54, 1.807) is 4.31 Å². The number of piperidine rings is 1. The molecule has 1 fully saturated rings. The van der Waals surface area contributed by atoms with Crippen molar-refractivity contribution < 1.29 is 13.2 Å². The largest absolute Gasteiger partial charge is 0.356 e. The first-order valence-electron chi connectivity index (χ1n) is 8.60. The number of amides is 1. The summed E-state index contributed by atoms with van der Waals surface area (Å²) < 4.78 is 25.3. The zero-order chi connectivity index (χ0) is 17.9. The number of benzene rings is 1. The fourth-order valence-electron chi connectivity index (χ4n) is 3.45. The third-order valence-corrected chi connectivity index (χ3v) is 6.01. The zero-order valence-corrected chi connectivity index (χ0v) is 15.2. The maximum Gasteiger partial charge on any atom is 0.226 e. The minimum absolute atomic E-state index is 0.0166. The minimum Gasteiger partial charge on any atom is -0.356 e. The van der Waals surface area contributed by atoms with E-state index in [-0.39, 0.29) is 18.4 Å². The maximum atomic E-state index is 12.2. The number of hydrogen-bond acceptors (Lipinski definition) is 4. The molecular weight excluding hydrogens is 340 g/mol. The van der Waals surface area contributed by atoms with Crippen LogP contribution in [0.5, 0.6) is 0 Å². The zero-order valence-electron chi connectivity index (χ0n) is 14.4. The van der Waals surface area contributed by atoms with E-state index in [2.05, 4.69) is 15.5 Å². The van der Waals surface area contributed by atoms with Gasteiger partial charge in [0.05, 0.1) is 23.9 Å². The van der Waals surface area contributed by atoms with Gasteiger partial charge in [0, 0.05) is 24.5 Å². The second kappa shape index (κ2) is 7.53. The Hall–Kier alpha value is -1.93. The molecule has 1 aromatic heterocycles. The third-order valence-electron chi connectivity index (χ3n) is 4.68. The van der Waals surface area contributed by atoms with Crippen LogP contribution in [0.15, 0.2) is 24.3 Å². The van der Waals surface area contributed by atoms with Gasteiger partial charge in [-0.2, -0.15) is 9.40 Å². The number of H-pyrrole nitrogens is 1. The number of sulfonamides is 1. The van der Waals surface area contributed by atoms with Crippen LogP contribution in [0.4, 0.5) is 0 Å². The van der Waals surface area contributed by atoms with Crippen molar-refractivity contribution >= 4 is 26.8 Å². The van der Waals surface area contributed by atoms with E-state index in [0.717, 1.165) is 35.9 Å². The Morgan fingerprint density at radius 1 is 1.36 bits per heavy atom. The standard InChI is InChI=1S/C17H24N4O3S/c1-25(23,24)21-11-5-4-6-13(21)9-10-18-17(22)12-16-14-7-2-3-8-15(14)19-20-16/h2-3,7-8,13H,4-6,9-12H2,1H3,(H,18,22)(H,19,20). The van der Waals surface area contributed by atoms with E-state index in [1.165, 1.54) is 6.26 Å². The van der Waals surface area contributed by atoms with Crippen LogP contribution in [0.3, 0.4) is 0 Å². The van der Waals surface area contributed by atoms with Gasteiger partial charge in [-0.1, -0.05) is 24.6 Å². The van der Waals surface area contributed by atoms with Crippen molar-refractivity contribution in [1.29, 1.82) is 0 Å². The highest BCUT2D eigenvalue weighted by Crippen LogP contribution is 2.22. The lowest BCUT2D eigenvalue weighted by Gasteiger charge is -2.33. The number of nitrogens with zero attached hydrogens (tertiary/aromatic N) is 2. The quantitative estimate of drug-likeness (QED) is 0.810. The lowest BCUT2D eigenvalue weighted by Crippen LogP contribution is -2.44. The molecule has 0 saturated carbocycles. The first-order valence-corrected chi connectivity index (χ1v) is 10.5. The van der Waals surface area contributed by atoms with E-state index in [4.69, 9.17) is 0 Å². The molecule has 2 N–H and O–H groups in total. The van der Waals surface area contributed by atoms with E-state index < -0.39 is 10.0 Å². The van der Waals surface area contributed by atoms with Gasteiger partial charge in [0.25, 0.3) is 0 Å². The van der Waals surface area contributed by atoms with Crippen LogP contribution in [-0.4, -0.2) is 54.2 Å². The molecule has 0 spiro atoms. The van der Waals surface area contributed by atoms with Crippen LogP contribution >= 0.6 is 0 Å². The number of fused-ring (bicyclic) bond motifs is 1. The fourth-order valence-corrected chi connectivity index (χ4v) is 4.66. The molecule has 1 saturated heterocycles. The number of aromatic nitrogens is 2. The highest BCUT2D eigenvalue weighted by Gasteiger charge is 2.28. The monoisotopic (exact) mass is 364 g/mol. The number of carbonyl (C=O) groups is 1. The van der Waals surface area contributed by atoms with Gasteiger partial charge >= 0.3 is 0 Å². The van der Waals surface area contributed by atoms with Crippen molar-refractivity contribution in [2.45, 2.75) is 38.1 Å². The van der Waals surface area contributed by atoms with Crippen molar-refractivity contribution in [3.05, 3.63) is 30.0 Å². The second-order valence-electron chi connectivity index (χ2n) is 6.56. The molecule has 2 aromatic rings. The van der Waals surface area contributed by atoms with Crippen molar-refractivity contribution in [1.82, 2.24) is 19.8 Å². The van der Waals surface area contributed by atoms with Crippen molar-refractivity contribution in [2.24, 2.45) is 0 Å². The molecule has 1 aromatic carbocycles. The Labute approximate surface area is 147 Å². The maximum absolute atomic E-state index is 12.2. The first-order chi connectivity index (χ1) is 11.9. The average Bonchev–Trinajstić information content (AvgIpc) is 2.97. The average molecular weight is 364 g/mol. The second-order valence-corrected chi connectivity index (χ2v) is 8.49. The minimum atomic E-state index is -3.18. The van der Waals surface area contributed by atoms with Gasteiger partial charge in [-0.25, -0.2) is 8.42 Å². The number of hydrogen-bond donors (Lipinski definition) is 2. The van der Waals surface area contributed by atoms with Crippen LogP contribution in [0, 0.1) is 0 Å². The van der Waals surface area contributed by atoms with Crippen LogP contribution in [0.1, 0.15) is 31.4 Å². The molecule has 2 heterocycles. The number of para-hydroxylation sites is 1. The summed E-state index contributed by atoms with van der Waals surface area (Å²) in [5.41, 5.74) is 1.64. The summed E-state index contributed by atoms with van der Waals surface area (Å²) in [5.74, 6) is -0.0869. The fraction of sp³-hybridized carbons (Fsp3) is 0.529. The summed E-state index contributed by atoms with van der Waals surface area (Å²) in [4.78, 5) is 12.2.